The van der Waals surface area contributed by atoms with Crippen molar-refractivity contribution >= 4 is 57.5 Å². The summed E-state index contributed by atoms with van der Waals surface area (Å²) in [7, 11) is -5.82. The first-order valence-electron chi connectivity index (χ1n) is 10.0. The Bertz CT molecular complexity index is 1240. The lowest BCUT2D eigenvalue weighted by Crippen LogP contribution is -2.41. The largest absolute Gasteiger partial charge is 0.498 e. The molecule has 7 nitrogen and oxygen atoms in total. The highest BCUT2D eigenvalue weighted by molar-refractivity contribution is 7.92. The summed E-state index contributed by atoms with van der Waals surface area (Å²) in [5, 5.41) is -0.314. The standard InChI is InChI=1S/C21H22BCl2F2NO6S/c1-11(28)31-10-12-6-13(23)7-17(18(12)24)34(29,30)27-16-9-14(25)8-15(19(16)26)22-32-20(2,3)21(4,5)33-22/h6-9,27H,10H2,1-5H3. The van der Waals surface area contributed by atoms with Gasteiger partial charge in [0, 0.05) is 29.0 Å². The predicted octanol–water partition coefficient (Wildman–Crippen LogP) is 4.43. The fraction of sp³-hybridized carbons (Fsp3) is 0.381. The zero-order valence-corrected chi connectivity index (χ0v) is 21.3. The van der Waals surface area contributed by atoms with Crippen molar-refractivity contribution in [2.45, 2.75) is 57.3 Å². The summed E-state index contributed by atoms with van der Waals surface area (Å²) in [6.45, 7) is 7.79. The van der Waals surface area contributed by atoms with E-state index in [1.165, 1.54) is 13.0 Å². The first-order valence-corrected chi connectivity index (χ1v) is 12.3. The van der Waals surface area contributed by atoms with Crippen molar-refractivity contribution in [3.8, 4) is 0 Å². The van der Waals surface area contributed by atoms with Gasteiger partial charge in [-0.1, -0.05) is 23.2 Å². The Balaban J connectivity index is 2.00. The Hall–Kier alpha value is -1.92. The molecule has 34 heavy (non-hydrogen) atoms. The predicted molar refractivity (Wildman–Crippen MR) is 125 cm³/mol. The summed E-state index contributed by atoms with van der Waals surface area (Å²) in [5.74, 6) is -2.62. The third-order valence-electron chi connectivity index (χ3n) is 5.62. The van der Waals surface area contributed by atoms with Crippen LogP contribution in [0.15, 0.2) is 29.2 Å². The number of hydrogen-bond donors (Lipinski definition) is 1. The molecule has 3 rings (SSSR count). The number of rotatable bonds is 6. The average Bonchev–Trinajstić information content (AvgIpc) is 2.91. The first kappa shape index (κ1) is 26.7. The van der Waals surface area contributed by atoms with Gasteiger partial charge in [-0.3, -0.25) is 9.52 Å². The monoisotopic (exact) mass is 535 g/mol. The van der Waals surface area contributed by atoms with Crippen LogP contribution in [0.3, 0.4) is 0 Å². The van der Waals surface area contributed by atoms with E-state index in [2.05, 4.69) is 0 Å². The number of carbonyl (C=O) groups is 1. The molecule has 1 aliphatic heterocycles. The van der Waals surface area contributed by atoms with Crippen LogP contribution in [0.5, 0.6) is 0 Å². The molecule has 0 radical (unpaired) electrons. The number of hydrogen-bond acceptors (Lipinski definition) is 6. The molecule has 13 heteroatoms. The van der Waals surface area contributed by atoms with Crippen LogP contribution in [0.4, 0.5) is 14.5 Å². The number of carbonyl (C=O) groups excluding carboxylic acids is 1. The second-order valence-electron chi connectivity index (χ2n) is 8.71. The molecule has 0 aliphatic carbocycles. The number of halogens is 4. The summed E-state index contributed by atoms with van der Waals surface area (Å²) in [5.41, 5.74) is -2.54. The fourth-order valence-electron chi connectivity index (χ4n) is 3.12. The fourth-order valence-corrected chi connectivity index (χ4v) is 5.10. The summed E-state index contributed by atoms with van der Waals surface area (Å²) >= 11 is 12.2. The van der Waals surface area contributed by atoms with E-state index in [0.717, 1.165) is 12.1 Å². The number of esters is 1. The minimum absolute atomic E-state index is 0.0236. The van der Waals surface area contributed by atoms with Gasteiger partial charge in [0.2, 0.25) is 0 Å². The van der Waals surface area contributed by atoms with Gasteiger partial charge in [-0.25, -0.2) is 17.2 Å². The summed E-state index contributed by atoms with van der Waals surface area (Å²) in [6.07, 6.45) is 0. The highest BCUT2D eigenvalue weighted by Gasteiger charge is 2.52. The van der Waals surface area contributed by atoms with Crippen LogP contribution in [-0.2, 0) is 35.5 Å². The highest BCUT2D eigenvalue weighted by Crippen LogP contribution is 2.37. The van der Waals surface area contributed by atoms with Crippen LogP contribution in [0, 0.1) is 11.6 Å². The molecular formula is C21H22BCl2F2NO6S. The van der Waals surface area contributed by atoms with E-state index in [1.807, 2.05) is 4.72 Å². The maximum Gasteiger partial charge on any atom is 0.498 e. The summed E-state index contributed by atoms with van der Waals surface area (Å²) < 4.78 is 74.3. The molecule has 0 bridgehead atoms. The van der Waals surface area contributed by atoms with Gasteiger partial charge in [-0.15, -0.1) is 0 Å². The Kier molecular flexibility index (Phi) is 7.28. The lowest BCUT2D eigenvalue weighted by atomic mass is 9.78. The van der Waals surface area contributed by atoms with Crippen LogP contribution < -0.4 is 10.2 Å². The molecule has 0 atom stereocenters. The Morgan fingerprint density at radius 1 is 1.09 bits per heavy atom. The molecule has 0 saturated carbocycles. The number of sulfonamides is 1. The third-order valence-corrected chi connectivity index (χ3v) is 7.78. The van der Waals surface area contributed by atoms with E-state index < -0.39 is 56.5 Å². The molecule has 1 heterocycles. The molecular weight excluding hydrogens is 514 g/mol. The van der Waals surface area contributed by atoms with Gasteiger partial charge >= 0.3 is 13.1 Å². The molecule has 0 amide bonds. The van der Waals surface area contributed by atoms with Gasteiger partial charge in [0.25, 0.3) is 10.0 Å². The highest BCUT2D eigenvalue weighted by atomic mass is 35.5. The number of nitrogens with one attached hydrogen (secondary N) is 1. The lowest BCUT2D eigenvalue weighted by Gasteiger charge is -2.32. The zero-order valence-electron chi connectivity index (χ0n) is 19.0. The minimum atomic E-state index is -4.55. The SMILES string of the molecule is CC(=O)OCc1cc(Cl)cc(S(=O)(=O)Nc2cc(F)cc(B3OC(C)(C)C(C)(C)O3)c2F)c1Cl. The maximum absolute atomic E-state index is 15.4. The van der Waals surface area contributed by atoms with Crippen molar-refractivity contribution in [2.24, 2.45) is 0 Å². The molecule has 1 N–H and O–H groups in total. The molecule has 2 aromatic rings. The van der Waals surface area contributed by atoms with E-state index in [0.29, 0.717) is 6.07 Å². The number of benzene rings is 2. The van der Waals surface area contributed by atoms with Crippen LogP contribution in [0.1, 0.15) is 40.2 Å². The molecule has 184 valence electrons. The van der Waals surface area contributed by atoms with Gasteiger partial charge in [-0.05, 0) is 45.9 Å². The molecule has 1 fully saturated rings. The van der Waals surface area contributed by atoms with E-state index >= 15 is 4.39 Å². The lowest BCUT2D eigenvalue weighted by molar-refractivity contribution is -0.142. The molecule has 0 aromatic heterocycles. The van der Waals surface area contributed by atoms with Crippen molar-refractivity contribution in [1.29, 1.82) is 0 Å². The van der Waals surface area contributed by atoms with E-state index in [9.17, 15) is 17.6 Å². The smallest absolute Gasteiger partial charge is 0.461 e. The van der Waals surface area contributed by atoms with Gasteiger partial charge in [0.15, 0.2) is 0 Å². The Morgan fingerprint density at radius 2 is 1.68 bits per heavy atom. The number of ether oxygens (including phenoxy) is 1. The summed E-state index contributed by atoms with van der Waals surface area (Å²) in [6, 6.07) is 3.92. The van der Waals surface area contributed by atoms with Crippen molar-refractivity contribution in [3.63, 3.8) is 0 Å². The van der Waals surface area contributed by atoms with E-state index in [1.54, 1.807) is 27.7 Å². The topological polar surface area (TPSA) is 90.9 Å². The van der Waals surface area contributed by atoms with Crippen molar-refractivity contribution < 1.29 is 36.0 Å². The van der Waals surface area contributed by atoms with Crippen molar-refractivity contribution in [2.75, 3.05) is 4.72 Å². The van der Waals surface area contributed by atoms with Gasteiger partial charge < -0.3 is 14.0 Å². The van der Waals surface area contributed by atoms with E-state index in [4.69, 9.17) is 37.2 Å². The quantitative estimate of drug-likeness (QED) is 0.434. The maximum atomic E-state index is 15.4. The Labute approximate surface area is 206 Å². The second kappa shape index (κ2) is 9.27. The van der Waals surface area contributed by atoms with Crippen molar-refractivity contribution in [3.05, 3.63) is 51.5 Å². The molecule has 1 saturated heterocycles. The molecule has 2 aromatic carbocycles. The Morgan fingerprint density at radius 3 is 2.24 bits per heavy atom. The zero-order chi connectivity index (χ0) is 25.6. The average molecular weight is 536 g/mol. The van der Waals surface area contributed by atoms with Gasteiger partial charge in [-0.2, -0.15) is 0 Å². The molecule has 0 spiro atoms. The molecule has 0 unspecified atom stereocenters. The number of anilines is 1. The third kappa shape index (κ3) is 5.33. The van der Waals surface area contributed by atoms with Crippen LogP contribution >= 0.6 is 23.2 Å². The summed E-state index contributed by atoms with van der Waals surface area (Å²) in [4.78, 5) is 10.6. The van der Waals surface area contributed by atoms with Crippen LogP contribution in [-0.4, -0.2) is 32.7 Å². The normalized spacial score (nSPS) is 17.0. The van der Waals surface area contributed by atoms with Crippen LogP contribution in [0.2, 0.25) is 10.0 Å². The second-order valence-corrected chi connectivity index (χ2v) is 11.2. The van der Waals surface area contributed by atoms with Gasteiger partial charge in [0.1, 0.15) is 23.1 Å². The van der Waals surface area contributed by atoms with Gasteiger partial charge in [0.05, 0.1) is 21.9 Å². The first-order chi connectivity index (χ1) is 15.5. The van der Waals surface area contributed by atoms with Crippen LogP contribution in [0.25, 0.3) is 0 Å². The minimum Gasteiger partial charge on any atom is -0.461 e. The van der Waals surface area contributed by atoms with Crippen molar-refractivity contribution in [1.82, 2.24) is 0 Å². The van der Waals surface area contributed by atoms with E-state index in [-0.39, 0.29) is 27.7 Å². The molecule has 1 aliphatic rings.